The lowest BCUT2D eigenvalue weighted by atomic mass is 10.1. The first-order chi connectivity index (χ1) is 8.26. The number of hydrogen-bond acceptors (Lipinski definition) is 2. The molecule has 0 saturated heterocycles. The van der Waals surface area contributed by atoms with Gasteiger partial charge < -0.3 is 9.64 Å². The van der Waals surface area contributed by atoms with Crippen LogP contribution in [0.15, 0.2) is 18.2 Å². The minimum absolute atomic E-state index is 0.727. The Morgan fingerprint density at radius 3 is 2.76 bits per heavy atom. The molecule has 0 bridgehead atoms. The first-order valence-electron chi connectivity index (χ1n) is 6.17. The first-order valence-corrected chi connectivity index (χ1v) is 7.29. The molecule has 0 radical (unpaired) electrons. The number of anilines is 1. The molecule has 0 aromatic heterocycles. The molecule has 0 N–H and O–H groups in total. The van der Waals surface area contributed by atoms with Crippen LogP contribution in [0.3, 0.4) is 0 Å². The second kappa shape index (κ2) is 5.87. The van der Waals surface area contributed by atoms with Gasteiger partial charge in [0.1, 0.15) is 0 Å². The number of nitrogens with zero attached hydrogens (tertiary/aromatic N) is 1. The van der Waals surface area contributed by atoms with Gasteiger partial charge in [0.15, 0.2) is 0 Å². The molecule has 3 heteroatoms. The molecule has 0 aliphatic heterocycles. The topological polar surface area (TPSA) is 12.5 Å². The Hall–Kier alpha value is -0.540. The Kier molecular flexibility index (Phi) is 4.46. The van der Waals surface area contributed by atoms with Gasteiger partial charge in [0.2, 0.25) is 0 Å². The van der Waals surface area contributed by atoms with E-state index in [9.17, 15) is 0 Å². The van der Waals surface area contributed by atoms with E-state index in [4.69, 9.17) is 4.74 Å². The third kappa shape index (κ3) is 3.23. The van der Waals surface area contributed by atoms with Crippen molar-refractivity contribution >= 4 is 21.6 Å². The van der Waals surface area contributed by atoms with Gasteiger partial charge in [0, 0.05) is 30.7 Å². The molecule has 2 rings (SSSR count). The Labute approximate surface area is 112 Å². The molecule has 1 aromatic carbocycles. The third-order valence-corrected chi connectivity index (χ3v) is 3.82. The number of rotatable bonds is 6. The predicted octanol–water partition coefficient (Wildman–Crippen LogP) is 3.51. The molecule has 94 valence electrons. The van der Waals surface area contributed by atoms with Crippen molar-refractivity contribution in [2.75, 3.05) is 25.2 Å². The monoisotopic (exact) mass is 297 g/mol. The summed E-state index contributed by atoms with van der Waals surface area (Å²) in [6, 6.07) is 7.45. The number of alkyl halides is 1. The van der Waals surface area contributed by atoms with Gasteiger partial charge in [-0.25, -0.2) is 0 Å². The number of ether oxygens (including phenoxy) is 1. The Balaban J connectivity index is 2.21. The van der Waals surface area contributed by atoms with Crippen molar-refractivity contribution in [3.8, 4) is 0 Å². The fourth-order valence-electron chi connectivity index (χ4n) is 2.18. The molecule has 1 aromatic rings. The van der Waals surface area contributed by atoms with Crippen LogP contribution in [0.5, 0.6) is 0 Å². The lowest BCUT2D eigenvalue weighted by Gasteiger charge is -2.26. The molecular formula is C14H20BrNO. The highest BCUT2D eigenvalue weighted by Gasteiger charge is 2.29. The molecule has 0 spiro atoms. The van der Waals surface area contributed by atoms with Crippen LogP contribution in [0, 0.1) is 6.92 Å². The number of aryl methyl sites for hydroxylation is 1. The van der Waals surface area contributed by atoms with E-state index in [-0.39, 0.29) is 0 Å². The maximum absolute atomic E-state index is 5.22. The molecular weight excluding hydrogens is 278 g/mol. The van der Waals surface area contributed by atoms with Crippen LogP contribution in [0.25, 0.3) is 0 Å². The Morgan fingerprint density at radius 2 is 2.18 bits per heavy atom. The highest BCUT2D eigenvalue weighted by atomic mass is 79.9. The van der Waals surface area contributed by atoms with E-state index in [1.54, 1.807) is 7.11 Å². The predicted molar refractivity (Wildman–Crippen MR) is 76.1 cm³/mol. The number of halogens is 1. The summed E-state index contributed by atoms with van der Waals surface area (Å²) in [7, 11) is 1.77. The average molecular weight is 298 g/mol. The van der Waals surface area contributed by atoms with Gasteiger partial charge in [-0.05, 0) is 31.4 Å². The molecule has 17 heavy (non-hydrogen) atoms. The molecule has 0 heterocycles. The van der Waals surface area contributed by atoms with E-state index >= 15 is 0 Å². The smallest absolute Gasteiger partial charge is 0.0637 e. The summed E-state index contributed by atoms with van der Waals surface area (Å²) in [5.74, 6) is 0. The maximum Gasteiger partial charge on any atom is 0.0637 e. The van der Waals surface area contributed by atoms with Crippen molar-refractivity contribution in [2.24, 2.45) is 0 Å². The van der Waals surface area contributed by atoms with Gasteiger partial charge >= 0.3 is 0 Å². The van der Waals surface area contributed by atoms with E-state index in [0.29, 0.717) is 0 Å². The molecule has 0 atom stereocenters. The zero-order valence-electron chi connectivity index (χ0n) is 10.6. The summed E-state index contributed by atoms with van der Waals surface area (Å²) >= 11 is 3.59. The summed E-state index contributed by atoms with van der Waals surface area (Å²) in [5, 5.41) is 0.917. The van der Waals surface area contributed by atoms with Crippen molar-refractivity contribution in [2.45, 2.75) is 31.1 Å². The van der Waals surface area contributed by atoms with Crippen molar-refractivity contribution in [1.82, 2.24) is 0 Å². The summed E-state index contributed by atoms with van der Waals surface area (Å²) in [5.41, 5.74) is 4.07. The highest BCUT2D eigenvalue weighted by molar-refractivity contribution is 9.08. The minimum atomic E-state index is 0.727. The fourth-order valence-corrected chi connectivity index (χ4v) is 2.63. The summed E-state index contributed by atoms with van der Waals surface area (Å²) in [4.78, 5) is 2.50. The molecule has 1 aliphatic rings. The fraction of sp³-hybridized carbons (Fsp3) is 0.571. The van der Waals surface area contributed by atoms with Gasteiger partial charge in [0.25, 0.3) is 0 Å². The lowest BCUT2D eigenvalue weighted by Crippen LogP contribution is -2.30. The van der Waals surface area contributed by atoms with E-state index < -0.39 is 0 Å². The van der Waals surface area contributed by atoms with Gasteiger partial charge in [-0.1, -0.05) is 33.6 Å². The normalized spacial score (nSPS) is 15.0. The van der Waals surface area contributed by atoms with Crippen molar-refractivity contribution in [3.63, 3.8) is 0 Å². The Morgan fingerprint density at radius 1 is 1.41 bits per heavy atom. The summed E-state index contributed by atoms with van der Waals surface area (Å²) in [6.45, 7) is 3.93. The van der Waals surface area contributed by atoms with Crippen LogP contribution in [0.1, 0.15) is 24.0 Å². The molecule has 1 aliphatic carbocycles. The van der Waals surface area contributed by atoms with Crippen LogP contribution in [-0.2, 0) is 10.1 Å². The zero-order valence-corrected chi connectivity index (χ0v) is 12.2. The number of hydrogen-bond donors (Lipinski definition) is 0. The first kappa shape index (κ1) is 12.9. The maximum atomic E-state index is 5.22. The van der Waals surface area contributed by atoms with Crippen molar-refractivity contribution in [3.05, 3.63) is 29.3 Å². The largest absolute Gasteiger partial charge is 0.383 e. The van der Waals surface area contributed by atoms with Gasteiger partial charge in [0.05, 0.1) is 6.61 Å². The number of methoxy groups -OCH3 is 1. The van der Waals surface area contributed by atoms with E-state index in [0.717, 1.165) is 24.5 Å². The van der Waals surface area contributed by atoms with Gasteiger partial charge in [-0.2, -0.15) is 0 Å². The third-order valence-electron chi connectivity index (χ3n) is 3.21. The molecule has 0 amide bonds. The molecule has 2 nitrogen and oxygen atoms in total. The number of benzene rings is 1. The van der Waals surface area contributed by atoms with Gasteiger partial charge in [-0.15, -0.1) is 0 Å². The van der Waals surface area contributed by atoms with Crippen LogP contribution in [0.2, 0.25) is 0 Å². The van der Waals surface area contributed by atoms with E-state index in [1.165, 1.54) is 29.7 Å². The summed E-state index contributed by atoms with van der Waals surface area (Å²) < 4.78 is 5.22. The van der Waals surface area contributed by atoms with Crippen molar-refractivity contribution in [1.29, 1.82) is 0 Å². The van der Waals surface area contributed by atoms with E-state index in [2.05, 4.69) is 46.0 Å². The standard InChI is InChI=1S/C14H20BrNO/c1-11-3-6-14(12(9-11)10-15)16(7-8-17-2)13-4-5-13/h3,6,9,13H,4-5,7-8,10H2,1-2H3. The average Bonchev–Trinajstić information content (AvgIpc) is 3.15. The quantitative estimate of drug-likeness (QED) is 0.745. The SMILES string of the molecule is COCCN(c1ccc(C)cc1CBr)C1CC1. The Bertz CT molecular complexity index is 376. The van der Waals surface area contributed by atoms with Gasteiger partial charge in [-0.3, -0.25) is 0 Å². The van der Waals surface area contributed by atoms with Crippen LogP contribution in [0.4, 0.5) is 5.69 Å². The lowest BCUT2D eigenvalue weighted by molar-refractivity contribution is 0.205. The van der Waals surface area contributed by atoms with E-state index in [1.807, 2.05) is 0 Å². The minimum Gasteiger partial charge on any atom is -0.383 e. The second-order valence-electron chi connectivity index (χ2n) is 4.68. The van der Waals surface area contributed by atoms with Crippen LogP contribution >= 0.6 is 15.9 Å². The molecule has 1 fully saturated rings. The van der Waals surface area contributed by atoms with Crippen LogP contribution < -0.4 is 4.90 Å². The second-order valence-corrected chi connectivity index (χ2v) is 5.24. The zero-order chi connectivity index (χ0) is 12.3. The summed E-state index contributed by atoms with van der Waals surface area (Å²) in [6.07, 6.45) is 2.64. The highest BCUT2D eigenvalue weighted by Crippen LogP contribution is 2.34. The van der Waals surface area contributed by atoms with Crippen LogP contribution in [-0.4, -0.2) is 26.3 Å². The molecule has 1 saturated carbocycles. The van der Waals surface area contributed by atoms with Crippen molar-refractivity contribution < 1.29 is 4.74 Å². The molecule has 0 unspecified atom stereocenters.